The van der Waals surface area contributed by atoms with Crippen molar-refractivity contribution in [2.75, 3.05) is 39.3 Å². The lowest BCUT2D eigenvalue weighted by atomic mass is 10.1. The Balaban J connectivity index is 1.92. The van der Waals surface area contributed by atoms with E-state index in [4.69, 9.17) is 4.74 Å². The first-order valence-electron chi connectivity index (χ1n) is 5.63. The van der Waals surface area contributed by atoms with Crippen molar-refractivity contribution < 1.29 is 9.53 Å². The molecule has 1 amide bonds. The lowest BCUT2D eigenvalue weighted by molar-refractivity contribution is -0.140. The third kappa shape index (κ3) is 2.48. The smallest absolute Gasteiger partial charge is 0.242 e. The van der Waals surface area contributed by atoms with E-state index in [2.05, 4.69) is 10.6 Å². The van der Waals surface area contributed by atoms with Gasteiger partial charge in [0.2, 0.25) is 5.91 Å². The predicted octanol–water partition coefficient (Wildman–Crippen LogP) is -1.20. The van der Waals surface area contributed by atoms with E-state index in [0.717, 1.165) is 32.7 Å². The molecule has 0 unspecified atom stereocenters. The minimum Gasteiger partial charge on any atom is -0.375 e. The molecule has 0 saturated carbocycles. The average molecular weight is 213 g/mol. The molecule has 2 rings (SSSR count). The van der Waals surface area contributed by atoms with Crippen molar-refractivity contribution in [2.45, 2.75) is 19.1 Å². The number of piperazine rings is 1. The Kier molecular flexibility index (Phi) is 3.56. The van der Waals surface area contributed by atoms with E-state index in [-0.39, 0.29) is 18.1 Å². The molecule has 86 valence electrons. The second-order valence-corrected chi connectivity index (χ2v) is 4.08. The highest BCUT2D eigenvalue weighted by Crippen LogP contribution is 2.08. The molecule has 0 spiro atoms. The standard InChI is InChI=1S/C10H19N3O2/c1-8-9(12-4-7-15-8)10(14)13-5-2-11-3-6-13/h8-9,11-12H,2-7H2,1H3/t8-,9+/m1/s1. The molecule has 2 N–H and O–H groups in total. The summed E-state index contributed by atoms with van der Waals surface area (Å²) in [5.74, 6) is 0.184. The first-order chi connectivity index (χ1) is 7.29. The first kappa shape index (κ1) is 10.9. The topological polar surface area (TPSA) is 53.6 Å². The van der Waals surface area contributed by atoms with Gasteiger partial charge >= 0.3 is 0 Å². The summed E-state index contributed by atoms with van der Waals surface area (Å²) >= 11 is 0. The van der Waals surface area contributed by atoms with Gasteiger partial charge in [0.25, 0.3) is 0 Å². The number of ether oxygens (including phenoxy) is 1. The average Bonchev–Trinajstić information content (AvgIpc) is 2.30. The van der Waals surface area contributed by atoms with E-state index in [1.54, 1.807) is 0 Å². The summed E-state index contributed by atoms with van der Waals surface area (Å²) < 4.78 is 5.48. The van der Waals surface area contributed by atoms with Crippen LogP contribution < -0.4 is 10.6 Å². The van der Waals surface area contributed by atoms with Crippen molar-refractivity contribution in [1.82, 2.24) is 15.5 Å². The fourth-order valence-corrected chi connectivity index (χ4v) is 2.09. The monoisotopic (exact) mass is 213 g/mol. The molecule has 2 heterocycles. The molecule has 2 atom stereocenters. The lowest BCUT2D eigenvalue weighted by Crippen LogP contribution is -2.59. The maximum Gasteiger partial charge on any atom is 0.242 e. The number of rotatable bonds is 1. The summed E-state index contributed by atoms with van der Waals surface area (Å²) in [6.07, 6.45) is -0.0128. The number of carbonyl (C=O) groups is 1. The number of nitrogens with zero attached hydrogens (tertiary/aromatic N) is 1. The predicted molar refractivity (Wildman–Crippen MR) is 56.7 cm³/mol. The fraction of sp³-hybridized carbons (Fsp3) is 0.900. The highest BCUT2D eigenvalue weighted by atomic mass is 16.5. The van der Waals surface area contributed by atoms with Crippen LogP contribution in [0.1, 0.15) is 6.92 Å². The molecule has 5 nitrogen and oxygen atoms in total. The normalized spacial score (nSPS) is 32.7. The number of hydrogen-bond acceptors (Lipinski definition) is 4. The van der Waals surface area contributed by atoms with Crippen molar-refractivity contribution in [2.24, 2.45) is 0 Å². The van der Waals surface area contributed by atoms with E-state index in [1.807, 2.05) is 11.8 Å². The van der Waals surface area contributed by atoms with Crippen LogP contribution in [0.5, 0.6) is 0 Å². The third-order valence-corrected chi connectivity index (χ3v) is 3.01. The van der Waals surface area contributed by atoms with Crippen LogP contribution in [0.15, 0.2) is 0 Å². The molecule has 0 aromatic carbocycles. The Morgan fingerprint density at radius 2 is 2.07 bits per heavy atom. The molecule has 0 bridgehead atoms. The third-order valence-electron chi connectivity index (χ3n) is 3.01. The van der Waals surface area contributed by atoms with Crippen molar-refractivity contribution >= 4 is 5.91 Å². The number of nitrogens with one attached hydrogen (secondary N) is 2. The van der Waals surface area contributed by atoms with Gasteiger partial charge in [0.15, 0.2) is 0 Å². The van der Waals surface area contributed by atoms with Crippen LogP contribution in [0, 0.1) is 0 Å². The van der Waals surface area contributed by atoms with Crippen LogP contribution in [-0.4, -0.2) is 62.3 Å². The molecule has 2 saturated heterocycles. The van der Waals surface area contributed by atoms with Gasteiger partial charge in [0.1, 0.15) is 6.04 Å². The fourth-order valence-electron chi connectivity index (χ4n) is 2.09. The maximum absolute atomic E-state index is 12.1. The van der Waals surface area contributed by atoms with E-state index in [9.17, 15) is 4.79 Å². The second kappa shape index (κ2) is 4.92. The Morgan fingerprint density at radius 3 is 2.73 bits per heavy atom. The highest BCUT2D eigenvalue weighted by molar-refractivity contribution is 5.82. The van der Waals surface area contributed by atoms with Gasteiger partial charge in [0, 0.05) is 32.7 Å². The minimum absolute atomic E-state index is 0.0128. The molecule has 2 fully saturated rings. The molecular weight excluding hydrogens is 194 g/mol. The first-order valence-corrected chi connectivity index (χ1v) is 5.63. The van der Waals surface area contributed by atoms with Gasteiger partial charge in [-0.15, -0.1) is 0 Å². The molecule has 0 radical (unpaired) electrons. The van der Waals surface area contributed by atoms with Crippen molar-refractivity contribution in [3.8, 4) is 0 Å². The van der Waals surface area contributed by atoms with Crippen LogP contribution in [0.4, 0.5) is 0 Å². The Labute approximate surface area is 90.1 Å². The molecular formula is C10H19N3O2. The minimum atomic E-state index is -0.156. The lowest BCUT2D eigenvalue weighted by Gasteiger charge is -2.35. The van der Waals surface area contributed by atoms with E-state index in [1.165, 1.54) is 0 Å². The van der Waals surface area contributed by atoms with Crippen LogP contribution in [0.3, 0.4) is 0 Å². The summed E-state index contributed by atoms with van der Waals surface area (Å²) in [4.78, 5) is 14.0. The zero-order chi connectivity index (χ0) is 10.7. The number of carbonyl (C=O) groups excluding carboxylic acids is 1. The molecule has 15 heavy (non-hydrogen) atoms. The Morgan fingerprint density at radius 1 is 1.33 bits per heavy atom. The van der Waals surface area contributed by atoms with Crippen molar-refractivity contribution in [1.29, 1.82) is 0 Å². The highest BCUT2D eigenvalue weighted by Gasteiger charge is 2.32. The van der Waals surface area contributed by atoms with Crippen LogP contribution in [-0.2, 0) is 9.53 Å². The van der Waals surface area contributed by atoms with Gasteiger partial charge < -0.3 is 20.3 Å². The van der Waals surface area contributed by atoms with E-state index < -0.39 is 0 Å². The molecule has 0 aliphatic carbocycles. The quantitative estimate of drug-likeness (QED) is 0.574. The Bertz CT molecular complexity index is 229. The van der Waals surface area contributed by atoms with E-state index >= 15 is 0 Å². The van der Waals surface area contributed by atoms with Gasteiger partial charge in [-0.05, 0) is 6.92 Å². The molecule has 0 aromatic heterocycles. The summed E-state index contributed by atoms with van der Waals surface area (Å²) in [7, 11) is 0. The van der Waals surface area contributed by atoms with Gasteiger partial charge in [-0.25, -0.2) is 0 Å². The van der Waals surface area contributed by atoms with Gasteiger partial charge in [-0.1, -0.05) is 0 Å². The SMILES string of the molecule is C[C@H]1OCCN[C@@H]1C(=O)N1CCNCC1. The van der Waals surface area contributed by atoms with Gasteiger partial charge in [0.05, 0.1) is 12.7 Å². The summed E-state index contributed by atoms with van der Waals surface area (Å²) in [5, 5.41) is 6.47. The molecule has 2 aliphatic heterocycles. The maximum atomic E-state index is 12.1. The van der Waals surface area contributed by atoms with Crippen LogP contribution in [0.25, 0.3) is 0 Å². The number of amides is 1. The summed E-state index contributed by atoms with van der Waals surface area (Å²) in [6.45, 7) is 6.84. The van der Waals surface area contributed by atoms with Gasteiger partial charge in [-0.3, -0.25) is 4.79 Å². The summed E-state index contributed by atoms with van der Waals surface area (Å²) in [5.41, 5.74) is 0. The van der Waals surface area contributed by atoms with Crippen LogP contribution in [0.2, 0.25) is 0 Å². The van der Waals surface area contributed by atoms with Crippen LogP contribution >= 0.6 is 0 Å². The molecule has 2 aliphatic rings. The Hall–Kier alpha value is -0.650. The number of morpholine rings is 1. The summed E-state index contributed by atoms with van der Waals surface area (Å²) in [6, 6.07) is -0.156. The van der Waals surface area contributed by atoms with Crippen molar-refractivity contribution in [3.05, 3.63) is 0 Å². The number of hydrogen-bond donors (Lipinski definition) is 2. The largest absolute Gasteiger partial charge is 0.375 e. The van der Waals surface area contributed by atoms with Gasteiger partial charge in [-0.2, -0.15) is 0 Å². The zero-order valence-corrected chi connectivity index (χ0v) is 9.16. The molecule has 0 aromatic rings. The molecule has 5 heteroatoms. The van der Waals surface area contributed by atoms with E-state index in [0.29, 0.717) is 6.61 Å². The van der Waals surface area contributed by atoms with Crippen molar-refractivity contribution in [3.63, 3.8) is 0 Å². The second-order valence-electron chi connectivity index (χ2n) is 4.08. The zero-order valence-electron chi connectivity index (χ0n) is 9.16.